The molecule has 0 radical (unpaired) electrons. The lowest BCUT2D eigenvalue weighted by Crippen LogP contribution is -1.97. The van der Waals surface area contributed by atoms with Crippen molar-refractivity contribution in [1.82, 2.24) is 9.55 Å². The van der Waals surface area contributed by atoms with E-state index in [1.54, 1.807) is 26.4 Å². The molecule has 2 heterocycles. The molecule has 1 N–H and O–H groups in total. The molecular weight excluding hydrogens is 316 g/mol. The minimum absolute atomic E-state index is 0.242. The molecule has 0 aliphatic carbocycles. The number of phenols is 1. The lowest BCUT2D eigenvalue weighted by molar-refractivity contribution is 0.397. The van der Waals surface area contributed by atoms with E-state index in [4.69, 9.17) is 14.5 Å². The van der Waals surface area contributed by atoms with E-state index in [2.05, 4.69) is 10.6 Å². The molecule has 2 aromatic carbocycles. The van der Waals surface area contributed by atoms with E-state index < -0.39 is 0 Å². The van der Waals surface area contributed by atoms with E-state index in [1.807, 2.05) is 37.4 Å². The maximum Gasteiger partial charge on any atom is 0.148 e. The van der Waals surface area contributed by atoms with Gasteiger partial charge in [-0.2, -0.15) is 0 Å². The predicted octanol–water partition coefficient (Wildman–Crippen LogP) is 4.21. The molecule has 0 fully saturated rings. The summed E-state index contributed by atoms with van der Waals surface area (Å²) in [6, 6.07) is 13.0. The molecule has 0 aliphatic rings. The smallest absolute Gasteiger partial charge is 0.148 e. The maximum absolute atomic E-state index is 9.57. The number of aromatic nitrogens is 2. The van der Waals surface area contributed by atoms with E-state index in [0.29, 0.717) is 5.75 Å². The number of hydrogen-bond acceptors (Lipinski definition) is 4. The first-order chi connectivity index (χ1) is 12.1. The zero-order valence-electron chi connectivity index (χ0n) is 14.3. The van der Waals surface area contributed by atoms with E-state index in [9.17, 15) is 5.11 Å². The highest BCUT2D eigenvalue weighted by atomic mass is 16.5. The largest absolute Gasteiger partial charge is 0.508 e. The molecule has 0 amide bonds. The SMILES string of the molecule is COc1cc(OC)c2nc(C)c3ccn(-c4ccc(O)cc4)c3c2c1. The molecule has 5 nitrogen and oxygen atoms in total. The Balaban J connectivity index is 2.14. The third kappa shape index (κ3) is 2.36. The number of hydrogen-bond donors (Lipinski definition) is 1. The van der Waals surface area contributed by atoms with Crippen molar-refractivity contribution >= 4 is 21.8 Å². The van der Waals surface area contributed by atoms with Gasteiger partial charge in [0, 0.05) is 34.4 Å². The summed E-state index contributed by atoms with van der Waals surface area (Å²) in [7, 11) is 3.27. The fourth-order valence-corrected chi connectivity index (χ4v) is 3.21. The van der Waals surface area contributed by atoms with E-state index in [0.717, 1.165) is 38.9 Å². The molecule has 0 unspecified atom stereocenters. The molecule has 4 rings (SSSR count). The summed E-state index contributed by atoms with van der Waals surface area (Å²) in [6.45, 7) is 1.99. The van der Waals surface area contributed by atoms with Crippen LogP contribution in [0.15, 0.2) is 48.7 Å². The maximum atomic E-state index is 9.57. The van der Waals surface area contributed by atoms with Crippen LogP contribution in [0.4, 0.5) is 0 Å². The third-order valence-electron chi connectivity index (χ3n) is 4.44. The highest BCUT2D eigenvalue weighted by Crippen LogP contribution is 2.36. The number of methoxy groups -OCH3 is 2. The molecular formula is C20H18N2O3. The zero-order valence-corrected chi connectivity index (χ0v) is 14.3. The van der Waals surface area contributed by atoms with Crippen molar-refractivity contribution < 1.29 is 14.6 Å². The molecule has 0 spiro atoms. The third-order valence-corrected chi connectivity index (χ3v) is 4.44. The van der Waals surface area contributed by atoms with Gasteiger partial charge < -0.3 is 19.1 Å². The molecule has 0 bridgehead atoms. The van der Waals surface area contributed by atoms with Gasteiger partial charge in [-0.15, -0.1) is 0 Å². The second-order valence-corrected chi connectivity index (χ2v) is 5.89. The average molecular weight is 334 g/mol. The molecule has 25 heavy (non-hydrogen) atoms. The van der Waals surface area contributed by atoms with Crippen LogP contribution in [0.3, 0.4) is 0 Å². The Labute approximate surface area is 145 Å². The number of fused-ring (bicyclic) bond motifs is 3. The van der Waals surface area contributed by atoms with Crippen molar-refractivity contribution in [1.29, 1.82) is 0 Å². The summed E-state index contributed by atoms with van der Waals surface area (Å²) in [5.41, 5.74) is 3.72. The van der Waals surface area contributed by atoms with Crippen molar-refractivity contribution in [2.75, 3.05) is 14.2 Å². The van der Waals surface area contributed by atoms with Crippen molar-refractivity contribution in [3.05, 3.63) is 54.4 Å². The second kappa shape index (κ2) is 5.70. The number of ether oxygens (including phenoxy) is 2. The van der Waals surface area contributed by atoms with Crippen LogP contribution in [0.25, 0.3) is 27.5 Å². The van der Waals surface area contributed by atoms with Crippen LogP contribution in [-0.4, -0.2) is 28.9 Å². The van der Waals surface area contributed by atoms with E-state index in [1.165, 1.54) is 0 Å². The highest BCUT2D eigenvalue weighted by Gasteiger charge is 2.16. The van der Waals surface area contributed by atoms with Crippen LogP contribution >= 0.6 is 0 Å². The average Bonchev–Trinajstić information content (AvgIpc) is 3.08. The van der Waals surface area contributed by atoms with Crippen LogP contribution in [0.5, 0.6) is 17.2 Å². The standard InChI is InChI=1S/C20H18N2O3/c1-12-16-8-9-22(13-4-6-14(23)7-5-13)20(16)17-10-15(24-2)11-18(25-3)19(17)21-12/h4-11,23H,1-3H3. The first-order valence-electron chi connectivity index (χ1n) is 7.95. The summed E-state index contributed by atoms with van der Waals surface area (Å²) in [4.78, 5) is 4.74. The Hall–Kier alpha value is -3.21. The Bertz CT molecular complexity index is 1080. The van der Waals surface area contributed by atoms with Crippen LogP contribution < -0.4 is 9.47 Å². The van der Waals surface area contributed by atoms with Crippen molar-refractivity contribution in [2.24, 2.45) is 0 Å². The quantitative estimate of drug-likeness (QED) is 0.610. The van der Waals surface area contributed by atoms with Crippen molar-refractivity contribution in [3.63, 3.8) is 0 Å². The van der Waals surface area contributed by atoms with E-state index >= 15 is 0 Å². The number of benzene rings is 2. The van der Waals surface area contributed by atoms with Gasteiger partial charge >= 0.3 is 0 Å². The van der Waals surface area contributed by atoms with Gasteiger partial charge in [-0.3, -0.25) is 0 Å². The molecule has 126 valence electrons. The molecule has 0 atom stereocenters. The second-order valence-electron chi connectivity index (χ2n) is 5.89. The normalized spacial score (nSPS) is 11.2. The lowest BCUT2D eigenvalue weighted by Gasteiger charge is -2.13. The zero-order chi connectivity index (χ0) is 17.6. The Morgan fingerprint density at radius 2 is 1.72 bits per heavy atom. The number of aromatic hydroxyl groups is 1. The van der Waals surface area contributed by atoms with Gasteiger partial charge in [0.15, 0.2) is 0 Å². The van der Waals surface area contributed by atoms with Gasteiger partial charge in [-0.25, -0.2) is 4.98 Å². The van der Waals surface area contributed by atoms with Crippen LogP contribution in [0.1, 0.15) is 5.69 Å². The van der Waals surface area contributed by atoms with Gasteiger partial charge in [-0.05, 0) is 43.3 Å². The van der Waals surface area contributed by atoms with Gasteiger partial charge in [0.1, 0.15) is 22.8 Å². The van der Waals surface area contributed by atoms with Gasteiger partial charge in [-0.1, -0.05) is 0 Å². The Morgan fingerprint density at radius 3 is 2.40 bits per heavy atom. The highest BCUT2D eigenvalue weighted by molar-refractivity contribution is 6.08. The molecule has 5 heteroatoms. The molecule has 0 saturated carbocycles. The summed E-state index contributed by atoms with van der Waals surface area (Å²) >= 11 is 0. The fourth-order valence-electron chi connectivity index (χ4n) is 3.21. The number of aryl methyl sites for hydroxylation is 1. The lowest BCUT2D eigenvalue weighted by atomic mass is 10.1. The number of rotatable bonds is 3. The molecule has 2 aromatic heterocycles. The first-order valence-corrected chi connectivity index (χ1v) is 7.95. The fraction of sp³-hybridized carbons (Fsp3) is 0.150. The minimum atomic E-state index is 0.242. The Kier molecular flexibility index (Phi) is 3.50. The Morgan fingerprint density at radius 1 is 0.960 bits per heavy atom. The number of pyridine rings is 1. The van der Waals surface area contributed by atoms with Gasteiger partial charge in [0.25, 0.3) is 0 Å². The van der Waals surface area contributed by atoms with Crippen molar-refractivity contribution in [3.8, 4) is 22.9 Å². The molecule has 0 saturated heterocycles. The van der Waals surface area contributed by atoms with Crippen LogP contribution in [0, 0.1) is 6.92 Å². The minimum Gasteiger partial charge on any atom is -0.508 e. The molecule has 4 aromatic rings. The number of phenolic OH excluding ortho intramolecular Hbond substituents is 1. The predicted molar refractivity (Wildman–Crippen MR) is 98.1 cm³/mol. The summed E-state index contributed by atoms with van der Waals surface area (Å²) < 4.78 is 13.0. The molecule has 0 aliphatic heterocycles. The number of nitrogens with zero attached hydrogens (tertiary/aromatic N) is 2. The van der Waals surface area contributed by atoms with Crippen LogP contribution in [-0.2, 0) is 0 Å². The summed E-state index contributed by atoms with van der Waals surface area (Å²) in [6.07, 6.45) is 2.01. The van der Waals surface area contributed by atoms with Gasteiger partial charge in [0.05, 0.1) is 19.7 Å². The van der Waals surface area contributed by atoms with Crippen LogP contribution in [0.2, 0.25) is 0 Å². The topological polar surface area (TPSA) is 56.5 Å². The summed E-state index contributed by atoms with van der Waals surface area (Å²) in [5, 5.41) is 11.6. The van der Waals surface area contributed by atoms with Crippen molar-refractivity contribution in [2.45, 2.75) is 6.92 Å². The first kappa shape index (κ1) is 15.3. The monoisotopic (exact) mass is 334 g/mol. The van der Waals surface area contributed by atoms with Gasteiger partial charge in [0.2, 0.25) is 0 Å². The van der Waals surface area contributed by atoms with E-state index in [-0.39, 0.29) is 5.75 Å². The summed E-state index contributed by atoms with van der Waals surface area (Å²) in [5.74, 6) is 1.64.